The van der Waals surface area contributed by atoms with Crippen LogP contribution in [0.3, 0.4) is 0 Å². The van der Waals surface area contributed by atoms with Crippen molar-refractivity contribution in [1.29, 1.82) is 0 Å². The molecule has 0 aliphatic carbocycles. The number of aliphatic carboxylic acids is 1. The Morgan fingerprint density at radius 3 is 2.00 bits per heavy atom. The molecule has 0 saturated heterocycles. The van der Waals surface area contributed by atoms with Gasteiger partial charge in [-0.2, -0.15) is 0 Å². The van der Waals surface area contributed by atoms with Crippen molar-refractivity contribution in [1.82, 2.24) is 0 Å². The van der Waals surface area contributed by atoms with E-state index >= 15 is 0 Å². The van der Waals surface area contributed by atoms with Gasteiger partial charge in [0, 0.05) is 0 Å². The third-order valence-electron chi connectivity index (χ3n) is 4.45. The summed E-state index contributed by atoms with van der Waals surface area (Å²) in [5.74, 6) is 0.0448. The predicted molar refractivity (Wildman–Crippen MR) is 87.0 cm³/mol. The van der Waals surface area contributed by atoms with Crippen LogP contribution in [0.5, 0.6) is 0 Å². The number of rotatable bonds is 14. The second-order valence-corrected chi connectivity index (χ2v) is 6.23. The number of carboxylic acids is 1. The Morgan fingerprint density at radius 2 is 1.45 bits per heavy atom. The highest BCUT2D eigenvalue weighted by molar-refractivity contribution is 5.69. The molecule has 0 amide bonds. The molecule has 0 aromatic heterocycles. The Morgan fingerprint density at radius 1 is 0.800 bits per heavy atom. The zero-order valence-electron chi connectivity index (χ0n) is 14.0. The van der Waals surface area contributed by atoms with E-state index in [0.717, 1.165) is 31.6 Å². The van der Waals surface area contributed by atoms with Crippen LogP contribution in [0.2, 0.25) is 0 Å². The molecule has 20 heavy (non-hydrogen) atoms. The van der Waals surface area contributed by atoms with Crippen molar-refractivity contribution < 1.29 is 9.90 Å². The Hall–Kier alpha value is -0.530. The molecule has 0 rings (SSSR count). The molecular formula is C18H36O2. The molecule has 0 aromatic rings. The van der Waals surface area contributed by atoms with Crippen LogP contribution in [-0.2, 0) is 4.79 Å². The third-order valence-corrected chi connectivity index (χ3v) is 4.45. The van der Waals surface area contributed by atoms with Crippen molar-refractivity contribution in [2.75, 3.05) is 0 Å². The molecule has 2 unspecified atom stereocenters. The van der Waals surface area contributed by atoms with E-state index in [1.807, 2.05) is 0 Å². The normalized spacial score (nSPS) is 14.2. The molecule has 0 radical (unpaired) electrons. The van der Waals surface area contributed by atoms with E-state index in [2.05, 4.69) is 20.8 Å². The first kappa shape index (κ1) is 19.5. The molecule has 2 nitrogen and oxygen atoms in total. The van der Waals surface area contributed by atoms with Crippen LogP contribution in [0, 0.1) is 11.8 Å². The Balaban J connectivity index is 3.83. The van der Waals surface area contributed by atoms with E-state index in [0.29, 0.717) is 0 Å². The van der Waals surface area contributed by atoms with Gasteiger partial charge >= 0.3 is 5.97 Å². The lowest BCUT2D eigenvalue weighted by Gasteiger charge is -2.17. The van der Waals surface area contributed by atoms with Crippen LogP contribution in [0.4, 0.5) is 0 Å². The minimum absolute atomic E-state index is 0.105. The van der Waals surface area contributed by atoms with Crippen LogP contribution in [0.1, 0.15) is 97.8 Å². The summed E-state index contributed by atoms with van der Waals surface area (Å²) in [6.45, 7) is 6.67. The molecule has 2 atom stereocenters. The Kier molecular flexibility index (Phi) is 13.1. The topological polar surface area (TPSA) is 37.3 Å². The van der Waals surface area contributed by atoms with Crippen molar-refractivity contribution in [3.8, 4) is 0 Å². The van der Waals surface area contributed by atoms with Gasteiger partial charge in [0.25, 0.3) is 0 Å². The molecule has 0 spiro atoms. The van der Waals surface area contributed by atoms with Gasteiger partial charge in [-0.15, -0.1) is 0 Å². The lowest BCUT2D eigenvalue weighted by Crippen LogP contribution is -2.15. The van der Waals surface area contributed by atoms with Crippen LogP contribution in [0.25, 0.3) is 0 Å². The van der Waals surface area contributed by atoms with Gasteiger partial charge < -0.3 is 5.11 Å². The van der Waals surface area contributed by atoms with E-state index in [9.17, 15) is 9.90 Å². The zero-order chi connectivity index (χ0) is 15.2. The smallest absolute Gasteiger partial charge is 0.306 e. The third kappa shape index (κ3) is 10.3. The van der Waals surface area contributed by atoms with E-state index in [-0.39, 0.29) is 5.92 Å². The lowest BCUT2D eigenvalue weighted by atomic mass is 9.88. The van der Waals surface area contributed by atoms with E-state index in [1.165, 1.54) is 51.4 Å². The molecular weight excluding hydrogens is 248 g/mol. The van der Waals surface area contributed by atoms with E-state index < -0.39 is 5.97 Å². The maximum Gasteiger partial charge on any atom is 0.306 e. The Labute approximate surface area is 126 Å². The quantitative estimate of drug-likeness (QED) is 0.394. The first-order valence-corrected chi connectivity index (χ1v) is 8.88. The SMILES string of the molecule is CCCCCCCCC(CCC(CC)CCC)C(=O)O. The van der Waals surface area contributed by atoms with Gasteiger partial charge in [0.2, 0.25) is 0 Å². The van der Waals surface area contributed by atoms with Gasteiger partial charge in [-0.3, -0.25) is 4.79 Å². The molecule has 0 aliphatic heterocycles. The molecule has 0 saturated carbocycles. The minimum atomic E-state index is -0.579. The second kappa shape index (κ2) is 13.5. The summed E-state index contributed by atoms with van der Waals surface area (Å²) in [5.41, 5.74) is 0. The number of hydrogen-bond donors (Lipinski definition) is 1. The summed E-state index contributed by atoms with van der Waals surface area (Å²) < 4.78 is 0. The summed E-state index contributed by atoms with van der Waals surface area (Å²) in [4.78, 5) is 11.3. The van der Waals surface area contributed by atoms with E-state index in [4.69, 9.17) is 0 Å². The summed E-state index contributed by atoms with van der Waals surface area (Å²) in [5, 5.41) is 9.33. The maximum atomic E-state index is 11.3. The summed E-state index contributed by atoms with van der Waals surface area (Å²) in [6, 6.07) is 0. The van der Waals surface area contributed by atoms with Crippen molar-refractivity contribution in [2.24, 2.45) is 11.8 Å². The van der Waals surface area contributed by atoms with Gasteiger partial charge in [-0.05, 0) is 25.2 Å². The second-order valence-electron chi connectivity index (χ2n) is 6.23. The van der Waals surface area contributed by atoms with Crippen LogP contribution < -0.4 is 0 Å². The average molecular weight is 284 g/mol. The Bertz CT molecular complexity index is 225. The number of hydrogen-bond acceptors (Lipinski definition) is 1. The molecule has 2 heteroatoms. The number of unbranched alkanes of at least 4 members (excludes halogenated alkanes) is 5. The van der Waals surface area contributed by atoms with Crippen molar-refractivity contribution in [3.05, 3.63) is 0 Å². The van der Waals surface area contributed by atoms with Crippen LogP contribution in [0.15, 0.2) is 0 Å². The van der Waals surface area contributed by atoms with Gasteiger partial charge in [0.15, 0.2) is 0 Å². The molecule has 0 aliphatic rings. The standard InChI is InChI=1S/C18H36O2/c1-4-7-8-9-10-11-13-17(18(19)20)15-14-16(6-3)12-5-2/h16-17H,4-15H2,1-3H3,(H,19,20). The summed E-state index contributed by atoms with van der Waals surface area (Å²) in [6.07, 6.45) is 14.0. The number of carboxylic acid groups (broad SMARTS) is 1. The van der Waals surface area contributed by atoms with Gasteiger partial charge in [0.05, 0.1) is 5.92 Å². The van der Waals surface area contributed by atoms with E-state index in [1.54, 1.807) is 0 Å². The summed E-state index contributed by atoms with van der Waals surface area (Å²) in [7, 11) is 0. The van der Waals surface area contributed by atoms with Crippen LogP contribution in [-0.4, -0.2) is 11.1 Å². The minimum Gasteiger partial charge on any atom is -0.481 e. The highest BCUT2D eigenvalue weighted by atomic mass is 16.4. The van der Waals surface area contributed by atoms with Gasteiger partial charge in [-0.25, -0.2) is 0 Å². The monoisotopic (exact) mass is 284 g/mol. The summed E-state index contributed by atoms with van der Waals surface area (Å²) >= 11 is 0. The first-order chi connectivity index (χ1) is 9.65. The fourth-order valence-corrected chi connectivity index (χ4v) is 2.96. The molecule has 120 valence electrons. The molecule has 0 aromatic carbocycles. The average Bonchev–Trinajstić information content (AvgIpc) is 2.43. The molecule has 1 N–H and O–H groups in total. The largest absolute Gasteiger partial charge is 0.481 e. The van der Waals surface area contributed by atoms with Gasteiger partial charge in [0.1, 0.15) is 0 Å². The van der Waals surface area contributed by atoms with Crippen molar-refractivity contribution in [3.63, 3.8) is 0 Å². The van der Waals surface area contributed by atoms with Crippen LogP contribution >= 0.6 is 0 Å². The first-order valence-electron chi connectivity index (χ1n) is 8.88. The predicted octanol–water partition coefficient (Wildman–Crippen LogP) is 6.04. The lowest BCUT2D eigenvalue weighted by molar-refractivity contribution is -0.142. The van der Waals surface area contributed by atoms with Crippen molar-refractivity contribution in [2.45, 2.75) is 97.8 Å². The molecule has 0 bridgehead atoms. The molecule has 0 heterocycles. The fraction of sp³-hybridized carbons (Fsp3) is 0.944. The maximum absolute atomic E-state index is 11.3. The fourth-order valence-electron chi connectivity index (χ4n) is 2.96. The van der Waals surface area contributed by atoms with Crippen molar-refractivity contribution >= 4 is 5.97 Å². The zero-order valence-corrected chi connectivity index (χ0v) is 14.0. The highest BCUT2D eigenvalue weighted by Gasteiger charge is 2.18. The van der Waals surface area contributed by atoms with Gasteiger partial charge in [-0.1, -0.05) is 78.6 Å². The number of carbonyl (C=O) groups is 1. The molecule has 0 fully saturated rings. The highest BCUT2D eigenvalue weighted by Crippen LogP contribution is 2.23.